The van der Waals surface area contributed by atoms with Crippen molar-refractivity contribution in [1.29, 1.82) is 0 Å². The Morgan fingerprint density at radius 1 is 1.16 bits per heavy atom. The number of rotatable bonds is 5. The summed E-state index contributed by atoms with van der Waals surface area (Å²) in [6.07, 6.45) is 3.95. The largest absolute Gasteiger partial charge is 0.370 e. The highest BCUT2D eigenvalue weighted by Crippen LogP contribution is 2.32. The van der Waals surface area contributed by atoms with Gasteiger partial charge < -0.3 is 20.3 Å². The molecular formula is C23H26ClN3O4S. The fraction of sp³-hybridized carbons (Fsp3) is 0.435. The monoisotopic (exact) mass is 475 g/mol. The van der Waals surface area contributed by atoms with Gasteiger partial charge in [0.15, 0.2) is 0 Å². The molecule has 0 bridgehead atoms. The maximum Gasteiger partial charge on any atom is 0.262 e. The Morgan fingerprint density at radius 3 is 2.59 bits per heavy atom. The van der Waals surface area contributed by atoms with Crippen molar-refractivity contribution in [3.05, 3.63) is 45.1 Å². The Labute approximate surface area is 196 Å². The van der Waals surface area contributed by atoms with Crippen molar-refractivity contribution in [1.82, 2.24) is 5.32 Å². The number of hydrogen-bond donors (Lipinski definition) is 2. The standard InChI is InChI=1S/C23H26ClN3O4S/c1-15-13-16(5-6-17(15)27-11-12-31-14-20(27)28)25-22(30)23(9-3-2-4-10-23)26-21(29)18-7-8-19(24)32-18/h5-8,13H,2-4,9-12,14H2,1H3,(H,25,30)(H,26,29). The van der Waals surface area contributed by atoms with Gasteiger partial charge >= 0.3 is 0 Å². The zero-order valence-corrected chi connectivity index (χ0v) is 19.5. The lowest BCUT2D eigenvalue weighted by Crippen LogP contribution is -2.57. The predicted molar refractivity (Wildman–Crippen MR) is 126 cm³/mol. The first-order chi connectivity index (χ1) is 15.4. The molecule has 1 saturated carbocycles. The summed E-state index contributed by atoms with van der Waals surface area (Å²) in [4.78, 5) is 40.5. The molecule has 2 aliphatic rings. The van der Waals surface area contributed by atoms with Crippen LogP contribution in [0.15, 0.2) is 30.3 Å². The number of benzene rings is 1. The third-order valence-electron chi connectivity index (χ3n) is 6.02. The van der Waals surface area contributed by atoms with Crippen LogP contribution in [0.1, 0.15) is 47.3 Å². The van der Waals surface area contributed by atoms with E-state index in [1.165, 1.54) is 11.3 Å². The highest BCUT2D eigenvalue weighted by molar-refractivity contribution is 7.18. The first-order valence-electron chi connectivity index (χ1n) is 10.8. The molecule has 1 aliphatic carbocycles. The Hall–Kier alpha value is -2.42. The van der Waals surface area contributed by atoms with Gasteiger partial charge in [0, 0.05) is 17.9 Å². The molecule has 1 saturated heterocycles. The maximum absolute atomic E-state index is 13.4. The number of amides is 3. The fourth-order valence-electron chi connectivity index (χ4n) is 4.34. The average Bonchev–Trinajstić information content (AvgIpc) is 3.22. The van der Waals surface area contributed by atoms with Gasteiger partial charge in [-0.15, -0.1) is 11.3 Å². The van der Waals surface area contributed by atoms with Crippen molar-refractivity contribution in [3.8, 4) is 0 Å². The highest BCUT2D eigenvalue weighted by atomic mass is 35.5. The van der Waals surface area contributed by atoms with Crippen molar-refractivity contribution in [2.75, 3.05) is 30.0 Å². The minimum atomic E-state index is -0.960. The predicted octanol–water partition coefficient (Wildman–Crippen LogP) is 4.14. The smallest absolute Gasteiger partial charge is 0.262 e. The number of halogens is 1. The Bertz CT molecular complexity index is 1030. The molecule has 2 fully saturated rings. The van der Waals surface area contributed by atoms with Gasteiger partial charge in [-0.2, -0.15) is 0 Å². The lowest BCUT2D eigenvalue weighted by Gasteiger charge is -2.36. The number of ether oxygens (including phenoxy) is 1. The molecule has 2 heterocycles. The van der Waals surface area contributed by atoms with Crippen LogP contribution in [0.5, 0.6) is 0 Å². The number of carbonyl (C=O) groups excluding carboxylic acids is 3. The first kappa shape index (κ1) is 22.8. The summed E-state index contributed by atoms with van der Waals surface area (Å²) in [5, 5.41) is 5.99. The fourth-order valence-corrected chi connectivity index (χ4v) is 5.28. The molecule has 1 aliphatic heterocycles. The van der Waals surface area contributed by atoms with E-state index >= 15 is 0 Å². The third kappa shape index (κ3) is 4.82. The third-order valence-corrected chi connectivity index (χ3v) is 7.25. The molecule has 1 aromatic heterocycles. The number of anilines is 2. The van der Waals surface area contributed by atoms with Crippen LogP contribution in [-0.2, 0) is 14.3 Å². The molecule has 7 nitrogen and oxygen atoms in total. The van der Waals surface area contributed by atoms with Crippen molar-refractivity contribution < 1.29 is 19.1 Å². The second-order valence-corrected chi connectivity index (χ2v) is 9.97. The summed E-state index contributed by atoms with van der Waals surface area (Å²) in [5.74, 6) is -0.576. The quantitative estimate of drug-likeness (QED) is 0.680. The minimum Gasteiger partial charge on any atom is -0.370 e. The summed E-state index contributed by atoms with van der Waals surface area (Å²) >= 11 is 7.17. The van der Waals surface area contributed by atoms with Crippen LogP contribution < -0.4 is 15.5 Å². The summed E-state index contributed by atoms with van der Waals surface area (Å²) < 4.78 is 5.74. The molecule has 32 heavy (non-hydrogen) atoms. The van der Waals surface area contributed by atoms with Crippen LogP contribution >= 0.6 is 22.9 Å². The summed E-state index contributed by atoms with van der Waals surface area (Å²) in [7, 11) is 0. The number of nitrogens with zero attached hydrogens (tertiary/aromatic N) is 1. The van der Waals surface area contributed by atoms with E-state index in [1.54, 1.807) is 23.1 Å². The average molecular weight is 476 g/mol. The second kappa shape index (κ2) is 9.60. The number of nitrogens with one attached hydrogen (secondary N) is 2. The summed E-state index contributed by atoms with van der Waals surface area (Å²) in [5.41, 5.74) is 1.37. The lowest BCUT2D eigenvalue weighted by molar-refractivity contribution is -0.125. The van der Waals surface area contributed by atoms with Gasteiger partial charge in [0.2, 0.25) is 5.91 Å². The van der Waals surface area contributed by atoms with Gasteiger partial charge in [0.05, 0.1) is 15.8 Å². The second-order valence-electron chi connectivity index (χ2n) is 8.25. The molecule has 0 spiro atoms. The van der Waals surface area contributed by atoms with Gasteiger partial charge in [-0.25, -0.2) is 0 Å². The topological polar surface area (TPSA) is 87.7 Å². The number of carbonyl (C=O) groups is 3. The van der Waals surface area contributed by atoms with Crippen LogP contribution in [0.3, 0.4) is 0 Å². The molecular weight excluding hydrogens is 450 g/mol. The number of thiophene rings is 1. The molecule has 2 aromatic rings. The lowest BCUT2D eigenvalue weighted by atomic mass is 9.80. The number of hydrogen-bond acceptors (Lipinski definition) is 5. The maximum atomic E-state index is 13.4. The summed E-state index contributed by atoms with van der Waals surface area (Å²) in [6, 6.07) is 8.84. The molecule has 2 N–H and O–H groups in total. The van der Waals surface area contributed by atoms with E-state index in [-0.39, 0.29) is 24.3 Å². The summed E-state index contributed by atoms with van der Waals surface area (Å²) in [6.45, 7) is 3.00. The number of morpholine rings is 1. The van der Waals surface area contributed by atoms with Crippen molar-refractivity contribution in [2.24, 2.45) is 0 Å². The van der Waals surface area contributed by atoms with Gasteiger partial charge in [-0.1, -0.05) is 30.9 Å². The van der Waals surface area contributed by atoms with E-state index in [0.29, 0.717) is 40.9 Å². The SMILES string of the molecule is Cc1cc(NC(=O)C2(NC(=O)c3ccc(Cl)s3)CCCCC2)ccc1N1CCOCC1=O. The molecule has 170 valence electrons. The molecule has 0 radical (unpaired) electrons. The van der Waals surface area contributed by atoms with Crippen molar-refractivity contribution >= 4 is 52.0 Å². The molecule has 1 aromatic carbocycles. The van der Waals surface area contributed by atoms with E-state index in [1.807, 2.05) is 19.1 Å². The van der Waals surface area contributed by atoms with Crippen LogP contribution in [0.25, 0.3) is 0 Å². The molecule has 9 heteroatoms. The van der Waals surface area contributed by atoms with E-state index in [9.17, 15) is 14.4 Å². The number of aryl methyl sites for hydroxylation is 1. The van der Waals surface area contributed by atoms with Gasteiger partial charge in [-0.3, -0.25) is 14.4 Å². The Kier molecular flexibility index (Phi) is 6.83. The molecule has 0 unspecified atom stereocenters. The normalized spacial score (nSPS) is 18.3. The Balaban J connectivity index is 1.51. The van der Waals surface area contributed by atoms with Crippen molar-refractivity contribution in [2.45, 2.75) is 44.6 Å². The van der Waals surface area contributed by atoms with E-state index in [0.717, 1.165) is 30.5 Å². The van der Waals surface area contributed by atoms with E-state index in [2.05, 4.69) is 10.6 Å². The minimum absolute atomic E-state index is 0.0753. The van der Waals surface area contributed by atoms with Gasteiger partial charge in [-0.05, 0) is 55.7 Å². The van der Waals surface area contributed by atoms with Gasteiger partial charge in [0.25, 0.3) is 11.8 Å². The van der Waals surface area contributed by atoms with E-state index < -0.39 is 5.54 Å². The molecule has 4 rings (SSSR count). The van der Waals surface area contributed by atoms with Crippen molar-refractivity contribution in [3.63, 3.8) is 0 Å². The highest BCUT2D eigenvalue weighted by Gasteiger charge is 2.41. The first-order valence-corrected chi connectivity index (χ1v) is 12.0. The van der Waals surface area contributed by atoms with Crippen LogP contribution in [-0.4, -0.2) is 43.0 Å². The van der Waals surface area contributed by atoms with Crippen LogP contribution in [0, 0.1) is 6.92 Å². The zero-order chi connectivity index (χ0) is 22.7. The Morgan fingerprint density at radius 2 is 1.94 bits per heavy atom. The van der Waals surface area contributed by atoms with Crippen LogP contribution in [0.4, 0.5) is 11.4 Å². The molecule has 0 atom stereocenters. The van der Waals surface area contributed by atoms with Crippen LogP contribution in [0.2, 0.25) is 4.34 Å². The van der Waals surface area contributed by atoms with E-state index in [4.69, 9.17) is 16.3 Å². The zero-order valence-electron chi connectivity index (χ0n) is 17.9. The van der Waals surface area contributed by atoms with Gasteiger partial charge in [0.1, 0.15) is 12.1 Å². The molecule has 3 amide bonds.